The zero-order chi connectivity index (χ0) is 10.8. The maximum atomic E-state index is 10.3. The van der Waals surface area contributed by atoms with Gasteiger partial charge >= 0.3 is 5.97 Å². The molecule has 0 aliphatic rings. The molecular weight excluding hydrogens is 184 g/mol. The fourth-order valence-electron chi connectivity index (χ4n) is 0.875. The summed E-state index contributed by atoms with van der Waals surface area (Å²) in [6.45, 7) is 5.91. The van der Waals surface area contributed by atoms with Crippen LogP contribution in [0.4, 0.5) is 0 Å². The first-order valence-corrected chi connectivity index (χ1v) is 4.44. The highest BCUT2D eigenvalue weighted by atomic mass is 16.5. The lowest BCUT2D eigenvalue weighted by molar-refractivity contribution is -0.137. The number of carbonyl (C=O) groups is 1. The Morgan fingerprint density at radius 1 is 1.50 bits per heavy atom. The molecule has 0 unspecified atom stereocenters. The molecule has 78 valence electrons. The van der Waals surface area contributed by atoms with Crippen LogP contribution in [0.25, 0.3) is 0 Å². The largest absolute Gasteiger partial charge is 0.481 e. The predicted molar refractivity (Wildman–Crippen MR) is 49.0 cm³/mol. The second-order valence-corrected chi connectivity index (χ2v) is 4.16. The van der Waals surface area contributed by atoms with Crippen LogP contribution in [0.5, 0.6) is 0 Å². The number of aliphatic carboxylic acids is 1. The molecule has 0 spiro atoms. The standard InChI is InChI=1S/C9H14N2O3/c1-9(2,3)8-10-6(14-11-8)4-5-7(12)13/h4-5H2,1-3H3,(H,12,13). The fourth-order valence-corrected chi connectivity index (χ4v) is 0.875. The minimum Gasteiger partial charge on any atom is -0.481 e. The van der Waals surface area contributed by atoms with Gasteiger partial charge in [0.2, 0.25) is 5.89 Å². The topological polar surface area (TPSA) is 76.2 Å². The first-order valence-electron chi connectivity index (χ1n) is 4.44. The van der Waals surface area contributed by atoms with Gasteiger partial charge in [0.05, 0.1) is 6.42 Å². The van der Waals surface area contributed by atoms with E-state index in [1.54, 1.807) is 0 Å². The van der Waals surface area contributed by atoms with Gasteiger partial charge in [0.15, 0.2) is 5.82 Å². The molecule has 0 aliphatic heterocycles. The van der Waals surface area contributed by atoms with Gasteiger partial charge in [-0.25, -0.2) is 0 Å². The van der Waals surface area contributed by atoms with Crippen molar-refractivity contribution in [2.24, 2.45) is 0 Å². The number of rotatable bonds is 3. The summed E-state index contributed by atoms with van der Waals surface area (Å²) >= 11 is 0. The Kier molecular flexibility index (Phi) is 2.88. The van der Waals surface area contributed by atoms with Gasteiger partial charge in [-0.2, -0.15) is 4.98 Å². The van der Waals surface area contributed by atoms with Gasteiger partial charge < -0.3 is 9.63 Å². The Labute approximate surface area is 82.1 Å². The van der Waals surface area contributed by atoms with Gasteiger partial charge in [0.1, 0.15) is 0 Å². The van der Waals surface area contributed by atoms with E-state index in [-0.39, 0.29) is 11.8 Å². The maximum absolute atomic E-state index is 10.3. The van der Waals surface area contributed by atoms with Crippen molar-refractivity contribution in [1.82, 2.24) is 10.1 Å². The highest BCUT2D eigenvalue weighted by Gasteiger charge is 2.20. The summed E-state index contributed by atoms with van der Waals surface area (Å²) in [5.41, 5.74) is -0.162. The highest BCUT2D eigenvalue weighted by Crippen LogP contribution is 2.18. The average molecular weight is 198 g/mol. The third-order valence-electron chi connectivity index (χ3n) is 1.69. The summed E-state index contributed by atoms with van der Waals surface area (Å²) in [6.07, 6.45) is 0.310. The van der Waals surface area contributed by atoms with Crippen molar-refractivity contribution in [2.75, 3.05) is 0 Å². The van der Waals surface area contributed by atoms with E-state index in [1.165, 1.54) is 0 Å². The lowest BCUT2D eigenvalue weighted by Gasteiger charge is -2.10. The number of carboxylic acids is 1. The molecule has 1 rings (SSSR count). The monoisotopic (exact) mass is 198 g/mol. The van der Waals surface area contributed by atoms with Crippen molar-refractivity contribution in [2.45, 2.75) is 39.0 Å². The van der Waals surface area contributed by atoms with Crippen LogP contribution in [0, 0.1) is 0 Å². The molecule has 0 saturated carbocycles. The minimum atomic E-state index is -0.861. The molecule has 5 heteroatoms. The smallest absolute Gasteiger partial charge is 0.303 e. The van der Waals surface area contributed by atoms with Crippen LogP contribution < -0.4 is 0 Å². The molecular formula is C9H14N2O3. The van der Waals surface area contributed by atoms with Crippen LogP contribution in [0.2, 0.25) is 0 Å². The molecule has 0 radical (unpaired) electrons. The summed E-state index contributed by atoms with van der Waals surface area (Å²) in [5.74, 6) is 0.135. The molecule has 0 fully saturated rings. The Morgan fingerprint density at radius 2 is 2.14 bits per heavy atom. The Hall–Kier alpha value is -1.39. The first kappa shape index (κ1) is 10.7. The van der Waals surface area contributed by atoms with E-state index >= 15 is 0 Å². The van der Waals surface area contributed by atoms with Crippen molar-refractivity contribution >= 4 is 5.97 Å². The molecule has 14 heavy (non-hydrogen) atoms. The van der Waals surface area contributed by atoms with Crippen molar-refractivity contribution in [3.05, 3.63) is 11.7 Å². The van der Waals surface area contributed by atoms with Crippen molar-refractivity contribution < 1.29 is 14.4 Å². The second-order valence-electron chi connectivity index (χ2n) is 4.16. The van der Waals surface area contributed by atoms with Crippen LogP contribution in [-0.2, 0) is 16.6 Å². The lowest BCUT2D eigenvalue weighted by Crippen LogP contribution is -2.13. The Morgan fingerprint density at radius 3 is 2.57 bits per heavy atom. The van der Waals surface area contributed by atoms with E-state index in [4.69, 9.17) is 9.63 Å². The lowest BCUT2D eigenvalue weighted by atomic mass is 9.96. The van der Waals surface area contributed by atoms with Crippen LogP contribution >= 0.6 is 0 Å². The van der Waals surface area contributed by atoms with Gasteiger partial charge in [-0.05, 0) is 0 Å². The fraction of sp³-hybridized carbons (Fsp3) is 0.667. The van der Waals surface area contributed by atoms with E-state index in [0.717, 1.165) is 0 Å². The molecule has 1 aromatic rings. The van der Waals surface area contributed by atoms with Gasteiger partial charge in [0, 0.05) is 11.8 Å². The summed E-state index contributed by atoms with van der Waals surface area (Å²) in [4.78, 5) is 14.4. The van der Waals surface area contributed by atoms with E-state index < -0.39 is 5.97 Å². The van der Waals surface area contributed by atoms with Gasteiger partial charge in [-0.1, -0.05) is 25.9 Å². The molecule has 1 heterocycles. The minimum absolute atomic E-state index is 0.0196. The van der Waals surface area contributed by atoms with E-state index in [9.17, 15) is 4.79 Å². The predicted octanol–water partition coefficient (Wildman–Crippen LogP) is 1.38. The number of hydrogen-bond donors (Lipinski definition) is 1. The van der Waals surface area contributed by atoms with Crippen LogP contribution in [0.15, 0.2) is 4.52 Å². The SMILES string of the molecule is CC(C)(C)c1noc(CCC(=O)O)n1. The van der Waals surface area contributed by atoms with E-state index in [1.807, 2.05) is 20.8 Å². The highest BCUT2D eigenvalue weighted by molar-refractivity contribution is 5.66. The van der Waals surface area contributed by atoms with Gasteiger partial charge in [0.25, 0.3) is 0 Å². The normalized spacial score (nSPS) is 11.6. The van der Waals surface area contributed by atoms with Crippen molar-refractivity contribution in [3.8, 4) is 0 Å². The van der Waals surface area contributed by atoms with Gasteiger partial charge in [-0.3, -0.25) is 4.79 Å². The van der Waals surface area contributed by atoms with E-state index in [0.29, 0.717) is 18.1 Å². The molecule has 1 N–H and O–H groups in total. The number of aryl methyl sites for hydroxylation is 1. The first-order chi connectivity index (χ1) is 6.39. The Bertz CT molecular complexity index is 325. The second kappa shape index (κ2) is 3.77. The molecule has 0 bridgehead atoms. The molecule has 0 aliphatic carbocycles. The molecule has 1 aromatic heterocycles. The molecule has 0 aromatic carbocycles. The molecule has 5 nitrogen and oxygen atoms in total. The molecule has 0 amide bonds. The zero-order valence-electron chi connectivity index (χ0n) is 8.57. The van der Waals surface area contributed by atoms with Gasteiger partial charge in [-0.15, -0.1) is 0 Å². The van der Waals surface area contributed by atoms with Crippen LogP contribution in [-0.4, -0.2) is 21.2 Å². The van der Waals surface area contributed by atoms with Crippen LogP contribution in [0.1, 0.15) is 38.9 Å². The number of aromatic nitrogens is 2. The van der Waals surface area contributed by atoms with Crippen molar-refractivity contribution in [3.63, 3.8) is 0 Å². The Balaban J connectivity index is 2.64. The quantitative estimate of drug-likeness (QED) is 0.794. The number of nitrogens with zero attached hydrogens (tertiary/aromatic N) is 2. The van der Waals surface area contributed by atoms with Crippen molar-refractivity contribution in [1.29, 1.82) is 0 Å². The number of carboxylic acid groups (broad SMARTS) is 1. The molecule has 0 atom stereocenters. The third kappa shape index (κ3) is 2.83. The summed E-state index contributed by atoms with van der Waals surface area (Å²) in [6, 6.07) is 0. The summed E-state index contributed by atoms with van der Waals surface area (Å²) in [5, 5.41) is 12.2. The number of hydrogen-bond acceptors (Lipinski definition) is 4. The summed E-state index contributed by atoms with van der Waals surface area (Å²) < 4.78 is 4.92. The zero-order valence-corrected chi connectivity index (χ0v) is 8.57. The van der Waals surface area contributed by atoms with Crippen LogP contribution in [0.3, 0.4) is 0 Å². The molecule has 0 saturated heterocycles. The van der Waals surface area contributed by atoms with E-state index in [2.05, 4.69) is 10.1 Å². The average Bonchev–Trinajstić information content (AvgIpc) is 2.47. The third-order valence-corrected chi connectivity index (χ3v) is 1.69. The summed E-state index contributed by atoms with van der Waals surface area (Å²) in [7, 11) is 0. The maximum Gasteiger partial charge on any atom is 0.303 e.